The van der Waals surface area contributed by atoms with Crippen LogP contribution in [0.2, 0.25) is 5.02 Å². The number of non-ortho nitro benzene ring substituents is 1. The third-order valence-electron chi connectivity index (χ3n) is 16.7. The number of halogens is 1. The zero-order chi connectivity index (χ0) is 65.6. The molecule has 7 aromatic rings. The van der Waals surface area contributed by atoms with E-state index < -0.39 is 0 Å². The first-order chi connectivity index (χ1) is 41.3. The predicted octanol–water partition coefficient (Wildman–Crippen LogP) is 22.8. The highest BCUT2D eigenvalue weighted by molar-refractivity contribution is 6.30. The fourth-order valence-electron chi connectivity index (χ4n) is 8.82. The van der Waals surface area contributed by atoms with E-state index in [-0.39, 0.29) is 22.5 Å². The maximum Gasteiger partial charge on any atom is 0.308 e. The lowest BCUT2D eigenvalue weighted by Gasteiger charge is -2.08. The molecule has 8 rings (SSSR count). The molecule has 0 saturated heterocycles. The molecule has 10 heteroatoms. The Balaban J connectivity index is 0.000000498. The van der Waals surface area contributed by atoms with Gasteiger partial charge in [-0.3, -0.25) is 14.9 Å². The Bertz CT molecular complexity index is 2750. The van der Waals surface area contributed by atoms with Gasteiger partial charge in [0.25, 0.3) is 5.69 Å². The Morgan fingerprint density at radius 2 is 0.782 bits per heavy atom. The largest absolute Gasteiger partial charge is 0.508 e. The Morgan fingerprint density at radius 1 is 0.471 bits per heavy atom. The maximum absolute atomic E-state index is 10.5. The molecule has 0 aromatic heterocycles. The average Bonchev–Trinajstić information content (AvgIpc) is 2.53. The number of ether oxygens (including phenoxy) is 1. The third kappa shape index (κ3) is 30.4. The molecular weight excluding hydrogens is 1100 g/mol. The number of phenols is 4. The second-order valence-corrected chi connectivity index (χ2v) is 23.6. The van der Waals surface area contributed by atoms with Crippen molar-refractivity contribution in [2.24, 2.45) is 11.8 Å². The summed E-state index contributed by atoms with van der Waals surface area (Å²) in [5.74, 6) is 6.30. The minimum Gasteiger partial charge on any atom is -0.508 e. The van der Waals surface area contributed by atoms with Crippen LogP contribution in [0.25, 0.3) is 0 Å². The zero-order valence-electron chi connectivity index (χ0n) is 55.8. The van der Waals surface area contributed by atoms with Gasteiger partial charge >= 0.3 is 5.97 Å². The number of aromatic hydroxyl groups is 4. The van der Waals surface area contributed by atoms with E-state index in [1.54, 1.807) is 47.5 Å². The van der Waals surface area contributed by atoms with Crippen LogP contribution in [0.1, 0.15) is 242 Å². The quantitative estimate of drug-likeness (QED) is 0.0450. The molecule has 4 N–H and O–H groups in total. The van der Waals surface area contributed by atoms with E-state index in [0.29, 0.717) is 58.5 Å². The molecule has 476 valence electrons. The van der Waals surface area contributed by atoms with Gasteiger partial charge < -0.3 is 25.2 Å². The highest BCUT2D eigenvalue weighted by Gasteiger charge is 2.24. The van der Waals surface area contributed by atoms with E-state index in [9.17, 15) is 14.9 Å². The Hall–Kier alpha value is -7.10. The first-order valence-electron chi connectivity index (χ1n) is 31.7. The first kappa shape index (κ1) is 77.9. The van der Waals surface area contributed by atoms with Gasteiger partial charge in [-0.15, -0.1) is 0 Å². The molecule has 0 fully saturated rings. The standard InChI is InChI=1S/C11H14.C10H13Cl.C10H13NO2.4C10H14O.C6H12O2/c1-8-7-10-5-3-4-6-11(10)9(8)2;1-3-8(2)9-4-6-10(11)7-5-9;1-3-8(2)9-4-6-10(7-5-9)11(12)13;4*1-3-8(2)9-5-4-6-10(11)7-9;1-4-5(2)6(7)8-3/h3-6,8-9H,7H2,1-2H3;4-8H,3H2,1-2H3;4-8H,3H2,1-2H3;4*4-8,11H,3H2,1-2H3;5H,4H2,1-3H3. The van der Waals surface area contributed by atoms with Crippen LogP contribution >= 0.6 is 11.6 Å². The predicted molar refractivity (Wildman–Crippen MR) is 368 cm³/mol. The SMILES string of the molecule is CC1Cc2ccccc2C1C.CCC(C)C(=O)OC.CCC(C)c1ccc(Cl)cc1.CCC(C)c1ccc([N+](=O)[O-])cc1.CCC(C)c1cccc(O)c1.CCC(C)c1cccc(O)c1.CCC(C)c1cccc(O)c1.CCC(C)c1cccc(O)c1. The van der Waals surface area contributed by atoms with Gasteiger partial charge in [-0.05, 0) is 204 Å². The number of methoxy groups -OCH3 is 1. The molecule has 1 aliphatic rings. The summed E-state index contributed by atoms with van der Waals surface area (Å²) >= 11 is 5.76. The van der Waals surface area contributed by atoms with Gasteiger partial charge in [-0.25, -0.2) is 0 Å². The molecular formula is C77H108ClNO8. The minimum absolute atomic E-state index is 0.0556. The van der Waals surface area contributed by atoms with E-state index in [0.717, 1.165) is 60.9 Å². The summed E-state index contributed by atoms with van der Waals surface area (Å²) in [4.78, 5) is 20.5. The number of nitro benzene ring substituents is 1. The summed E-state index contributed by atoms with van der Waals surface area (Å²) in [6, 6.07) is 53.5. The number of rotatable bonds is 15. The molecule has 0 spiro atoms. The topological polar surface area (TPSA) is 150 Å². The van der Waals surface area contributed by atoms with Crippen molar-refractivity contribution in [2.75, 3.05) is 7.11 Å². The summed E-state index contributed by atoms with van der Waals surface area (Å²) in [5, 5.41) is 47.8. The molecule has 0 aliphatic heterocycles. The molecule has 0 heterocycles. The fourth-order valence-corrected chi connectivity index (χ4v) is 8.94. The molecule has 9 nitrogen and oxygen atoms in total. The number of fused-ring (bicyclic) bond motifs is 1. The van der Waals surface area contributed by atoms with E-state index in [2.05, 4.69) is 138 Å². The van der Waals surface area contributed by atoms with Gasteiger partial charge in [-0.1, -0.05) is 219 Å². The van der Waals surface area contributed by atoms with Crippen molar-refractivity contribution in [1.82, 2.24) is 0 Å². The number of phenolic OH excluding ortho intramolecular Hbond substituents is 4. The zero-order valence-corrected chi connectivity index (χ0v) is 56.5. The van der Waals surface area contributed by atoms with Crippen molar-refractivity contribution < 1.29 is 34.9 Å². The summed E-state index contributed by atoms with van der Waals surface area (Å²) in [5.41, 5.74) is 10.7. The number of hydrogen-bond acceptors (Lipinski definition) is 8. The van der Waals surface area contributed by atoms with E-state index in [1.807, 2.05) is 111 Å². The Morgan fingerprint density at radius 3 is 1.05 bits per heavy atom. The van der Waals surface area contributed by atoms with Crippen LogP contribution in [0, 0.1) is 22.0 Å². The van der Waals surface area contributed by atoms with Crippen LogP contribution < -0.4 is 0 Å². The highest BCUT2D eigenvalue weighted by Crippen LogP contribution is 2.37. The lowest BCUT2D eigenvalue weighted by atomic mass is 9.97. The van der Waals surface area contributed by atoms with Gasteiger partial charge in [0.1, 0.15) is 23.0 Å². The summed E-state index contributed by atoms with van der Waals surface area (Å²) in [6.45, 7) is 34.4. The van der Waals surface area contributed by atoms with E-state index in [1.165, 1.54) is 47.8 Å². The van der Waals surface area contributed by atoms with Crippen molar-refractivity contribution in [1.29, 1.82) is 0 Å². The molecule has 0 amide bonds. The number of esters is 1. The molecule has 87 heavy (non-hydrogen) atoms. The normalized spacial score (nSPS) is 14.8. The van der Waals surface area contributed by atoms with Crippen LogP contribution in [-0.2, 0) is 16.0 Å². The molecule has 0 bridgehead atoms. The van der Waals surface area contributed by atoms with Gasteiger partial charge in [0.05, 0.1) is 18.0 Å². The van der Waals surface area contributed by atoms with E-state index >= 15 is 0 Å². The number of nitrogens with zero attached hydrogens (tertiary/aromatic N) is 1. The highest BCUT2D eigenvalue weighted by atomic mass is 35.5. The van der Waals surface area contributed by atoms with Crippen molar-refractivity contribution in [3.8, 4) is 23.0 Å². The summed E-state index contributed by atoms with van der Waals surface area (Å²) < 4.78 is 4.46. The van der Waals surface area contributed by atoms with Crippen LogP contribution in [0.3, 0.4) is 0 Å². The molecule has 9 atom stereocenters. The lowest BCUT2D eigenvalue weighted by Crippen LogP contribution is -2.10. The molecule has 0 saturated carbocycles. The number of nitro groups is 1. The number of carbonyl (C=O) groups excluding carboxylic acids is 1. The monoisotopic (exact) mass is 1210 g/mol. The molecule has 1 aliphatic carbocycles. The van der Waals surface area contributed by atoms with Crippen molar-refractivity contribution in [2.45, 2.75) is 204 Å². The number of hydrogen-bond donors (Lipinski definition) is 4. The number of carbonyl (C=O) groups is 1. The van der Waals surface area contributed by atoms with Crippen LogP contribution in [0.15, 0.2) is 170 Å². The van der Waals surface area contributed by atoms with Gasteiger partial charge in [0.15, 0.2) is 0 Å². The third-order valence-corrected chi connectivity index (χ3v) is 17.0. The van der Waals surface area contributed by atoms with Crippen LogP contribution in [-0.4, -0.2) is 38.4 Å². The molecule has 7 aromatic carbocycles. The average molecular weight is 1210 g/mol. The second-order valence-electron chi connectivity index (χ2n) is 23.1. The van der Waals surface area contributed by atoms with Crippen molar-refractivity contribution >= 4 is 23.3 Å². The Labute approximate surface area is 530 Å². The van der Waals surface area contributed by atoms with Gasteiger partial charge in [-0.2, -0.15) is 0 Å². The fraction of sp³-hybridized carbons (Fsp3) is 0.442. The second kappa shape index (κ2) is 43.5. The molecule has 0 radical (unpaired) electrons. The summed E-state index contributed by atoms with van der Waals surface area (Å²) in [7, 11) is 1.41. The number of benzene rings is 7. The van der Waals surface area contributed by atoms with Crippen molar-refractivity contribution in [3.05, 3.63) is 230 Å². The van der Waals surface area contributed by atoms with E-state index in [4.69, 9.17) is 32.0 Å². The first-order valence-corrected chi connectivity index (χ1v) is 32.0. The minimum atomic E-state index is -0.375. The Kier molecular flexibility index (Phi) is 39.0. The smallest absolute Gasteiger partial charge is 0.308 e. The van der Waals surface area contributed by atoms with Crippen molar-refractivity contribution in [3.63, 3.8) is 0 Å². The maximum atomic E-state index is 10.5. The molecule has 9 unspecified atom stereocenters. The van der Waals surface area contributed by atoms with Gasteiger partial charge in [0, 0.05) is 17.2 Å². The van der Waals surface area contributed by atoms with Gasteiger partial charge in [0.2, 0.25) is 0 Å². The lowest BCUT2D eigenvalue weighted by molar-refractivity contribution is -0.384. The van der Waals surface area contributed by atoms with Crippen LogP contribution in [0.5, 0.6) is 23.0 Å². The van der Waals surface area contributed by atoms with Crippen LogP contribution in [0.4, 0.5) is 5.69 Å². The summed E-state index contributed by atoms with van der Waals surface area (Å²) in [6.07, 6.45) is 8.82.